The molecular formula is C19H24N2O2S. The molecule has 5 heteroatoms. The third-order valence-corrected chi connectivity index (χ3v) is 5.22. The molecule has 1 saturated heterocycles. The van der Waals surface area contributed by atoms with Gasteiger partial charge in [-0.3, -0.25) is 4.79 Å². The second-order valence-corrected chi connectivity index (χ2v) is 7.39. The van der Waals surface area contributed by atoms with Gasteiger partial charge in [0.15, 0.2) is 0 Å². The highest BCUT2D eigenvalue weighted by Gasteiger charge is 2.28. The SMILES string of the molecule is CCc1ccc(N(Cc2ccc(C)s2)C(=O)[C@H]2CNCCO2)cc1. The van der Waals surface area contributed by atoms with Crippen molar-refractivity contribution >= 4 is 22.9 Å². The largest absolute Gasteiger partial charge is 0.366 e. The maximum atomic E-state index is 13.0. The first-order chi connectivity index (χ1) is 11.7. The van der Waals surface area contributed by atoms with Crippen LogP contribution in [0.4, 0.5) is 5.69 Å². The molecule has 1 aromatic carbocycles. The third kappa shape index (κ3) is 4.04. The number of rotatable bonds is 5. The van der Waals surface area contributed by atoms with Crippen LogP contribution in [0.15, 0.2) is 36.4 Å². The Morgan fingerprint density at radius 2 is 2.08 bits per heavy atom. The molecule has 0 spiro atoms. The number of carbonyl (C=O) groups excluding carboxylic acids is 1. The topological polar surface area (TPSA) is 41.6 Å². The van der Waals surface area contributed by atoms with Crippen molar-refractivity contribution in [2.75, 3.05) is 24.6 Å². The van der Waals surface area contributed by atoms with Crippen LogP contribution in [0.1, 0.15) is 22.2 Å². The Morgan fingerprint density at radius 1 is 1.29 bits per heavy atom. The first-order valence-electron chi connectivity index (χ1n) is 8.45. The minimum atomic E-state index is -0.411. The molecule has 0 saturated carbocycles. The van der Waals surface area contributed by atoms with Crippen LogP contribution in [0.2, 0.25) is 0 Å². The fourth-order valence-corrected chi connectivity index (χ4v) is 3.71. The fraction of sp³-hybridized carbons (Fsp3) is 0.421. The average Bonchev–Trinajstić information content (AvgIpc) is 3.05. The molecule has 128 valence electrons. The molecule has 1 aromatic heterocycles. The van der Waals surface area contributed by atoms with Crippen molar-refractivity contribution in [2.24, 2.45) is 0 Å². The van der Waals surface area contributed by atoms with E-state index in [-0.39, 0.29) is 5.91 Å². The van der Waals surface area contributed by atoms with Crippen LogP contribution in [0.25, 0.3) is 0 Å². The van der Waals surface area contributed by atoms with E-state index in [1.54, 1.807) is 11.3 Å². The molecule has 1 fully saturated rings. The smallest absolute Gasteiger partial charge is 0.257 e. The quantitative estimate of drug-likeness (QED) is 0.906. The predicted molar refractivity (Wildman–Crippen MR) is 98.7 cm³/mol. The molecule has 1 amide bonds. The van der Waals surface area contributed by atoms with Gasteiger partial charge in [-0.25, -0.2) is 0 Å². The van der Waals surface area contributed by atoms with E-state index in [9.17, 15) is 4.79 Å². The van der Waals surface area contributed by atoms with E-state index >= 15 is 0 Å². The van der Waals surface area contributed by atoms with E-state index in [4.69, 9.17) is 4.74 Å². The molecule has 3 rings (SSSR count). The van der Waals surface area contributed by atoms with Crippen molar-refractivity contribution in [1.29, 1.82) is 0 Å². The van der Waals surface area contributed by atoms with Gasteiger partial charge < -0.3 is 15.0 Å². The first kappa shape index (κ1) is 17.1. The number of ether oxygens (including phenoxy) is 1. The number of benzene rings is 1. The molecule has 1 aliphatic heterocycles. The van der Waals surface area contributed by atoms with Crippen LogP contribution in [0.5, 0.6) is 0 Å². The summed E-state index contributed by atoms with van der Waals surface area (Å²) in [7, 11) is 0. The van der Waals surface area contributed by atoms with Gasteiger partial charge in [0, 0.05) is 28.5 Å². The number of nitrogens with one attached hydrogen (secondary N) is 1. The Morgan fingerprint density at radius 3 is 2.67 bits per heavy atom. The van der Waals surface area contributed by atoms with Crippen LogP contribution in [-0.2, 0) is 22.5 Å². The highest BCUT2D eigenvalue weighted by molar-refractivity contribution is 7.11. The molecule has 0 aliphatic carbocycles. The molecule has 0 bridgehead atoms. The maximum absolute atomic E-state index is 13.0. The van der Waals surface area contributed by atoms with E-state index in [0.29, 0.717) is 19.7 Å². The van der Waals surface area contributed by atoms with Crippen LogP contribution < -0.4 is 10.2 Å². The van der Waals surface area contributed by atoms with Crippen molar-refractivity contribution in [3.05, 3.63) is 51.7 Å². The van der Waals surface area contributed by atoms with Gasteiger partial charge in [0.25, 0.3) is 5.91 Å². The van der Waals surface area contributed by atoms with Gasteiger partial charge in [-0.2, -0.15) is 0 Å². The molecule has 1 aliphatic rings. The molecule has 2 heterocycles. The van der Waals surface area contributed by atoms with Gasteiger partial charge in [0.05, 0.1) is 13.2 Å². The monoisotopic (exact) mass is 344 g/mol. The minimum absolute atomic E-state index is 0.0255. The summed E-state index contributed by atoms with van der Waals surface area (Å²) in [5.41, 5.74) is 2.20. The summed E-state index contributed by atoms with van der Waals surface area (Å²) in [5.74, 6) is 0.0255. The number of amides is 1. The third-order valence-electron chi connectivity index (χ3n) is 4.24. The number of aryl methyl sites for hydroxylation is 2. The molecule has 2 aromatic rings. The molecule has 24 heavy (non-hydrogen) atoms. The molecule has 0 radical (unpaired) electrons. The number of hydrogen-bond acceptors (Lipinski definition) is 4. The van der Waals surface area contributed by atoms with Crippen molar-refractivity contribution in [1.82, 2.24) is 5.32 Å². The Hall–Kier alpha value is -1.69. The summed E-state index contributed by atoms with van der Waals surface area (Å²) in [6.07, 6.45) is 0.583. The minimum Gasteiger partial charge on any atom is -0.366 e. The van der Waals surface area contributed by atoms with Gasteiger partial charge in [-0.15, -0.1) is 11.3 Å². The Labute approximate surface area is 147 Å². The van der Waals surface area contributed by atoms with Crippen molar-refractivity contribution < 1.29 is 9.53 Å². The second kappa shape index (κ2) is 7.92. The lowest BCUT2D eigenvalue weighted by molar-refractivity contribution is -0.131. The number of morpholine rings is 1. The van der Waals surface area contributed by atoms with Crippen LogP contribution in [0.3, 0.4) is 0 Å². The second-order valence-electron chi connectivity index (χ2n) is 6.02. The van der Waals surface area contributed by atoms with E-state index < -0.39 is 6.10 Å². The summed E-state index contributed by atoms with van der Waals surface area (Å²) in [6.45, 7) is 6.77. The zero-order valence-electron chi connectivity index (χ0n) is 14.2. The Balaban J connectivity index is 1.85. The highest BCUT2D eigenvalue weighted by Crippen LogP contribution is 2.24. The van der Waals surface area contributed by atoms with Crippen LogP contribution >= 0.6 is 11.3 Å². The molecular weight excluding hydrogens is 320 g/mol. The van der Waals surface area contributed by atoms with Gasteiger partial charge in [-0.1, -0.05) is 19.1 Å². The summed E-state index contributed by atoms with van der Waals surface area (Å²) in [4.78, 5) is 17.3. The van der Waals surface area contributed by atoms with E-state index in [1.165, 1.54) is 15.3 Å². The normalized spacial score (nSPS) is 17.7. The lowest BCUT2D eigenvalue weighted by Crippen LogP contribution is -2.49. The maximum Gasteiger partial charge on any atom is 0.257 e. The number of hydrogen-bond donors (Lipinski definition) is 1. The lowest BCUT2D eigenvalue weighted by Gasteiger charge is -2.29. The number of carbonyl (C=O) groups is 1. The van der Waals surface area contributed by atoms with Crippen molar-refractivity contribution in [2.45, 2.75) is 32.9 Å². The summed E-state index contributed by atoms with van der Waals surface area (Å²) < 4.78 is 5.68. The standard InChI is InChI=1S/C19H24N2O2S/c1-3-15-5-7-16(8-6-15)21(13-17-9-4-14(2)24-17)19(22)18-12-20-10-11-23-18/h4-9,18,20H,3,10-13H2,1-2H3/t18-/m1/s1. The van der Waals surface area contributed by atoms with Crippen molar-refractivity contribution in [3.8, 4) is 0 Å². The van der Waals surface area contributed by atoms with Gasteiger partial charge in [-0.05, 0) is 43.2 Å². The van der Waals surface area contributed by atoms with Gasteiger partial charge in [0.2, 0.25) is 0 Å². The molecule has 4 nitrogen and oxygen atoms in total. The van der Waals surface area contributed by atoms with E-state index in [2.05, 4.69) is 43.4 Å². The summed E-state index contributed by atoms with van der Waals surface area (Å²) in [5, 5.41) is 3.24. The van der Waals surface area contributed by atoms with E-state index in [1.807, 2.05) is 17.0 Å². The van der Waals surface area contributed by atoms with Gasteiger partial charge >= 0.3 is 0 Å². The summed E-state index contributed by atoms with van der Waals surface area (Å²) >= 11 is 1.73. The number of nitrogens with zero attached hydrogens (tertiary/aromatic N) is 1. The summed E-state index contributed by atoms with van der Waals surface area (Å²) in [6, 6.07) is 12.5. The number of thiophene rings is 1. The highest BCUT2D eigenvalue weighted by atomic mass is 32.1. The van der Waals surface area contributed by atoms with Crippen LogP contribution in [0, 0.1) is 6.92 Å². The number of anilines is 1. The zero-order chi connectivity index (χ0) is 16.9. The first-order valence-corrected chi connectivity index (χ1v) is 9.27. The molecule has 1 atom stereocenters. The lowest BCUT2D eigenvalue weighted by atomic mass is 10.1. The predicted octanol–water partition coefficient (Wildman–Crippen LogP) is 3.14. The van der Waals surface area contributed by atoms with Crippen LogP contribution in [-0.4, -0.2) is 31.7 Å². The zero-order valence-corrected chi connectivity index (χ0v) is 15.1. The Bertz CT molecular complexity index is 675. The van der Waals surface area contributed by atoms with Gasteiger partial charge in [0.1, 0.15) is 6.10 Å². The molecule has 1 N–H and O–H groups in total. The average molecular weight is 344 g/mol. The molecule has 0 unspecified atom stereocenters. The van der Waals surface area contributed by atoms with E-state index in [0.717, 1.165) is 18.7 Å². The Kier molecular flexibility index (Phi) is 5.66. The fourth-order valence-electron chi connectivity index (χ4n) is 2.83. The van der Waals surface area contributed by atoms with Crippen molar-refractivity contribution in [3.63, 3.8) is 0 Å².